The van der Waals surface area contributed by atoms with Crippen LogP contribution in [0, 0.1) is 5.92 Å². The van der Waals surface area contributed by atoms with Crippen LogP contribution in [-0.4, -0.2) is 37.0 Å². The number of rotatable bonds is 3. The number of nitrogens with zero attached hydrogens (tertiary/aromatic N) is 1. The number of hydrogen-bond acceptors (Lipinski definition) is 2. The molecule has 3 nitrogen and oxygen atoms in total. The van der Waals surface area contributed by atoms with Crippen molar-refractivity contribution in [3.63, 3.8) is 0 Å². The normalized spacial score (nSPS) is 26.9. The molecule has 2 aliphatic rings. The van der Waals surface area contributed by atoms with E-state index in [2.05, 4.69) is 5.32 Å². The third-order valence-corrected chi connectivity index (χ3v) is 4.15. The molecule has 1 heterocycles. The minimum Gasteiger partial charge on any atom is -0.341 e. The lowest BCUT2D eigenvalue weighted by molar-refractivity contribution is -0.133. The van der Waals surface area contributed by atoms with Crippen LogP contribution in [0.15, 0.2) is 0 Å². The monoisotopic (exact) mass is 224 g/mol. The third-order valence-electron chi connectivity index (χ3n) is 4.15. The fourth-order valence-electron chi connectivity index (χ4n) is 2.97. The number of hydrogen-bond donors (Lipinski definition) is 1. The van der Waals surface area contributed by atoms with E-state index in [0.29, 0.717) is 17.9 Å². The molecule has 0 spiro atoms. The van der Waals surface area contributed by atoms with Crippen LogP contribution in [0.25, 0.3) is 0 Å². The van der Waals surface area contributed by atoms with Crippen LogP contribution in [0.2, 0.25) is 0 Å². The zero-order valence-corrected chi connectivity index (χ0v) is 10.4. The second-order valence-electron chi connectivity index (χ2n) is 5.36. The molecule has 1 aliphatic heterocycles. The molecule has 16 heavy (non-hydrogen) atoms. The number of amides is 1. The first-order valence-electron chi connectivity index (χ1n) is 6.74. The van der Waals surface area contributed by atoms with Crippen LogP contribution in [0.5, 0.6) is 0 Å². The maximum atomic E-state index is 12.1. The molecule has 92 valence electrons. The van der Waals surface area contributed by atoms with Gasteiger partial charge in [0.25, 0.3) is 0 Å². The Morgan fingerprint density at radius 2 is 2.00 bits per heavy atom. The highest BCUT2D eigenvalue weighted by molar-refractivity contribution is 5.76. The predicted octanol–water partition coefficient (Wildman–Crippen LogP) is 1.78. The van der Waals surface area contributed by atoms with Gasteiger partial charge in [0.2, 0.25) is 5.91 Å². The lowest BCUT2D eigenvalue weighted by atomic mass is 10.0. The van der Waals surface area contributed by atoms with Gasteiger partial charge in [-0.3, -0.25) is 4.79 Å². The zero-order valence-electron chi connectivity index (χ0n) is 10.4. The van der Waals surface area contributed by atoms with Crippen molar-refractivity contribution in [2.45, 2.75) is 51.0 Å². The molecule has 2 fully saturated rings. The van der Waals surface area contributed by atoms with Crippen molar-refractivity contribution in [3.05, 3.63) is 0 Å². The highest BCUT2D eigenvalue weighted by atomic mass is 16.2. The third kappa shape index (κ3) is 2.97. The molecule has 1 amide bonds. The van der Waals surface area contributed by atoms with E-state index >= 15 is 0 Å². The summed E-state index contributed by atoms with van der Waals surface area (Å²) in [6, 6.07) is 0.433. The van der Waals surface area contributed by atoms with Gasteiger partial charge in [-0.1, -0.05) is 12.8 Å². The average molecular weight is 224 g/mol. The Balaban J connectivity index is 1.78. The van der Waals surface area contributed by atoms with Crippen molar-refractivity contribution in [3.8, 4) is 0 Å². The fourth-order valence-corrected chi connectivity index (χ4v) is 2.97. The number of nitrogens with one attached hydrogen (secondary N) is 1. The summed E-state index contributed by atoms with van der Waals surface area (Å²) in [5.74, 6) is 1.03. The highest BCUT2D eigenvalue weighted by Crippen LogP contribution is 2.28. The molecule has 1 N–H and O–H groups in total. The van der Waals surface area contributed by atoms with Crippen LogP contribution in [-0.2, 0) is 4.79 Å². The van der Waals surface area contributed by atoms with E-state index < -0.39 is 0 Å². The molecule has 0 aromatic heterocycles. The van der Waals surface area contributed by atoms with Crippen LogP contribution in [0.4, 0.5) is 0 Å². The Hall–Kier alpha value is -0.570. The Labute approximate surface area is 98.6 Å². The molecule has 1 atom stereocenters. The SMILES string of the molecule is CN(C(=O)CC1CCCC1)[C@@H]1CCCNC1. The molecule has 0 bridgehead atoms. The smallest absolute Gasteiger partial charge is 0.222 e. The number of carbonyl (C=O) groups is 1. The molecule has 1 saturated heterocycles. The Bertz CT molecular complexity index is 230. The van der Waals surface area contributed by atoms with Gasteiger partial charge in [0, 0.05) is 26.1 Å². The van der Waals surface area contributed by atoms with Crippen molar-refractivity contribution in [1.29, 1.82) is 0 Å². The van der Waals surface area contributed by atoms with Crippen molar-refractivity contribution >= 4 is 5.91 Å². The van der Waals surface area contributed by atoms with Gasteiger partial charge in [-0.15, -0.1) is 0 Å². The minimum atomic E-state index is 0.362. The second-order valence-corrected chi connectivity index (χ2v) is 5.36. The summed E-state index contributed by atoms with van der Waals surface area (Å²) >= 11 is 0. The molecule has 2 rings (SSSR count). The summed E-state index contributed by atoms with van der Waals surface area (Å²) in [6.45, 7) is 2.09. The van der Waals surface area contributed by atoms with Gasteiger partial charge < -0.3 is 10.2 Å². The largest absolute Gasteiger partial charge is 0.341 e. The van der Waals surface area contributed by atoms with E-state index in [0.717, 1.165) is 19.5 Å². The summed E-state index contributed by atoms with van der Waals surface area (Å²) in [5.41, 5.74) is 0. The van der Waals surface area contributed by atoms with E-state index in [-0.39, 0.29) is 0 Å². The summed E-state index contributed by atoms with van der Waals surface area (Å²) in [4.78, 5) is 14.1. The van der Waals surface area contributed by atoms with Crippen molar-refractivity contribution < 1.29 is 4.79 Å². The van der Waals surface area contributed by atoms with Crippen molar-refractivity contribution in [2.24, 2.45) is 5.92 Å². The van der Waals surface area contributed by atoms with Gasteiger partial charge in [-0.2, -0.15) is 0 Å². The van der Waals surface area contributed by atoms with E-state index in [1.807, 2.05) is 11.9 Å². The molecule has 1 saturated carbocycles. The minimum absolute atomic E-state index is 0.362. The summed E-state index contributed by atoms with van der Waals surface area (Å²) in [5, 5.41) is 3.37. The lowest BCUT2D eigenvalue weighted by Gasteiger charge is -2.32. The standard InChI is InChI=1S/C13H24N2O/c1-15(12-7-4-8-14-10-12)13(16)9-11-5-2-3-6-11/h11-12,14H,2-10H2,1H3/t12-/m1/s1. The number of carbonyl (C=O) groups excluding carboxylic acids is 1. The van der Waals surface area contributed by atoms with Crippen LogP contribution >= 0.6 is 0 Å². The van der Waals surface area contributed by atoms with Gasteiger partial charge in [0.15, 0.2) is 0 Å². The van der Waals surface area contributed by atoms with Crippen LogP contribution < -0.4 is 5.32 Å². The number of likely N-dealkylation sites (N-methyl/N-ethyl adjacent to an activating group) is 1. The Morgan fingerprint density at radius 1 is 1.25 bits per heavy atom. The first kappa shape index (κ1) is 11.9. The summed E-state index contributed by atoms with van der Waals surface area (Å²) in [6.07, 6.45) is 8.34. The molecule has 3 heteroatoms. The molecule has 1 aliphatic carbocycles. The quantitative estimate of drug-likeness (QED) is 0.792. The Morgan fingerprint density at radius 3 is 2.62 bits per heavy atom. The first-order chi connectivity index (χ1) is 7.77. The zero-order chi connectivity index (χ0) is 11.4. The highest BCUT2D eigenvalue weighted by Gasteiger charge is 2.25. The maximum absolute atomic E-state index is 12.1. The second kappa shape index (κ2) is 5.67. The van der Waals surface area contributed by atoms with E-state index in [4.69, 9.17) is 0 Å². The topological polar surface area (TPSA) is 32.3 Å². The van der Waals surface area contributed by atoms with E-state index in [9.17, 15) is 4.79 Å². The fraction of sp³-hybridized carbons (Fsp3) is 0.923. The van der Waals surface area contributed by atoms with Gasteiger partial charge >= 0.3 is 0 Å². The van der Waals surface area contributed by atoms with Crippen LogP contribution in [0.1, 0.15) is 44.9 Å². The van der Waals surface area contributed by atoms with E-state index in [1.54, 1.807) is 0 Å². The Kier molecular flexibility index (Phi) is 4.22. The summed E-state index contributed by atoms with van der Waals surface area (Å²) in [7, 11) is 1.98. The number of piperidine rings is 1. The van der Waals surface area contributed by atoms with Crippen LogP contribution in [0.3, 0.4) is 0 Å². The van der Waals surface area contributed by atoms with Gasteiger partial charge in [0.1, 0.15) is 0 Å². The lowest BCUT2D eigenvalue weighted by Crippen LogP contribution is -2.46. The predicted molar refractivity (Wildman–Crippen MR) is 65.2 cm³/mol. The molecule has 0 aromatic carbocycles. The van der Waals surface area contributed by atoms with Gasteiger partial charge in [-0.05, 0) is 38.1 Å². The molecule has 0 unspecified atom stereocenters. The van der Waals surface area contributed by atoms with Crippen molar-refractivity contribution in [2.75, 3.05) is 20.1 Å². The van der Waals surface area contributed by atoms with Gasteiger partial charge in [-0.25, -0.2) is 0 Å². The van der Waals surface area contributed by atoms with Crippen molar-refractivity contribution in [1.82, 2.24) is 10.2 Å². The van der Waals surface area contributed by atoms with E-state index in [1.165, 1.54) is 38.5 Å². The average Bonchev–Trinajstić information content (AvgIpc) is 2.82. The summed E-state index contributed by atoms with van der Waals surface area (Å²) < 4.78 is 0. The van der Waals surface area contributed by atoms with Gasteiger partial charge in [0.05, 0.1) is 0 Å². The molecular weight excluding hydrogens is 200 g/mol. The molecular formula is C13H24N2O. The molecule has 0 radical (unpaired) electrons. The maximum Gasteiger partial charge on any atom is 0.222 e. The first-order valence-corrected chi connectivity index (χ1v) is 6.74. The molecule has 0 aromatic rings.